The SMILES string of the molecule is Nc1cc(Cl)c(F)c(-c2ccccc2)c1. The van der Waals surface area contributed by atoms with E-state index in [-0.39, 0.29) is 5.02 Å². The second kappa shape index (κ2) is 3.91. The molecule has 0 aliphatic rings. The number of rotatable bonds is 1. The molecule has 0 radical (unpaired) electrons. The lowest BCUT2D eigenvalue weighted by Crippen LogP contribution is -1.91. The van der Waals surface area contributed by atoms with Crippen LogP contribution in [0.3, 0.4) is 0 Å². The highest BCUT2D eigenvalue weighted by Gasteiger charge is 2.09. The maximum absolute atomic E-state index is 13.7. The van der Waals surface area contributed by atoms with E-state index >= 15 is 0 Å². The van der Waals surface area contributed by atoms with Crippen molar-refractivity contribution in [3.63, 3.8) is 0 Å². The Bertz CT molecular complexity index is 482. The van der Waals surface area contributed by atoms with E-state index in [9.17, 15) is 4.39 Å². The zero-order chi connectivity index (χ0) is 10.8. The maximum Gasteiger partial charge on any atom is 0.149 e. The van der Waals surface area contributed by atoms with Gasteiger partial charge in [-0.15, -0.1) is 0 Å². The van der Waals surface area contributed by atoms with Gasteiger partial charge in [-0.25, -0.2) is 4.39 Å². The lowest BCUT2D eigenvalue weighted by atomic mass is 10.0. The number of benzene rings is 2. The second-order valence-corrected chi connectivity index (χ2v) is 3.64. The average molecular weight is 222 g/mol. The zero-order valence-electron chi connectivity index (χ0n) is 7.87. The summed E-state index contributed by atoms with van der Waals surface area (Å²) in [6, 6.07) is 12.2. The van der Waals surface area contributed by atoms with Crippen LogP contribution in [0.1, 0.15) is 0 Å². The van der Waals surface area contributed by atoms with Gasteiger partial charge in [-0.2, -0.15) is 0 Å². The first-order valence-electron chi connectivity index (χ1n) is 4.48. The monoisotopic (exact) mass is 221 g/mol. The third-order valence-corrected chi connectivity index (χ3v) is 2.41. The van der Waals surface area contributed by atoms with Gasteiger partial charge >= 0.3 is 0 Å². The first-order valence-corrected chi connectivity index (χ1v) is 4.86. The van der Waals surface area contributed by atoms with Crippen molar-refractivity contribution in [1.29, 1.82) is 0 Å². The third kappa shape index (κ3) is 1.95. The Kier molecular flexibility index (Phi) is 2.60. The number of nitrogen functional groups attached to an aromatic ring is 1. The molecule has 0 atom stereocenters. The van der Waals surface area contributed by atoms with Gasteiger partial charge in [0.1, 0.15) is 5.82 Å². The number of halogens is 2. The van der Waals surface area contributed by atoms with Crippen molar-refractivity contribution in [1.82, 2.24) is 0 Å². The van der Waals surface area contributed by atoms with E-state index in [0.717, 1.165) is 5.56 Å². The molecule has 0 amide bonds. The van der Waals surface area contributed by atoms with E-state index < -0.39 is 5.82 Å². The summed E-state index contributed by atoms with van der Waals surface area (Å²) in [6.07, 6.45) is 0. The zero-order valence-corrected chi connectivity index (χ0v) is 8.63. The van der Waals surface area contributed by atoms with E-state index in [2.05, 4.69) is 0 Å². The number of hydrogen-bond acceptors (Lipinski definition) is 1. The quantitative estimate of drug-likeness (QED) is 0.730. The van der Waals surface area contributed by atoms with Crippen LogP contribution >= 0.6 is 11.6 Å². The van der Waals surface area contributed by atoms with Crippen LogP contribution in [0.2, 0.25) is 5.02 Å². The minimum Gasteiger partial charge on any atom is -0.399 e. The molecule has 2 rings (SSSR count). The molecule has 2 aromatic carbocycles. The molecule has 2 aromatic rings. The highest BCUT2D eigenvalue weighted by molar-refractivity contribution is 6.31. The van der Waals surface area contributed by atoms with Gasteiger partial charge in [0.15, 0.2) is 0 Å². The Balaban J connectivity index is 2.63. The Labute approximate surface area is 92.3 Å². The molecule has 3 heteroatoms. The van der Waals surface area contributed by atoms with Crippen LogP contribution in [-0.2, 0) is 0 Å². The molecule has 0 fully saturated rings. The van der Waals surface area contributed by atoms with Crippen molar-refractivity contribution in [3.05, 3.63) is 53.3 Å². The molecule has 0 aliphatic carbocycles. The van der Waals surface area contributed by atoms with E-state index in [1.165, 1.54) is 6.07 Å². The summed E-state index contributed by atoms with van der Waals surface area (Å²) in [7, 11) is 0. The van der Waals surface area contributed by atoms with Crippen molar-refractivity contribution in [2.24, 2.45) is 0 Å². The van der Waals surface area contributed by atoms with Crippen LogP contribution in [-0.4, -0.2) is 0 Å². The molecule has 0 heterocycles. The lowest BCUT2D eigenvalue weighted by Gasteiger charge is -2.06. The van der Waals surface area contributed by atoms with Gasteiger partial charge in [-0.05, 0) is 17.7 Å². The topological polar surface area (TPSA) is 26.0 Å². The lowest BCUT2D eigenvalue weighted by molar-refractivity contribution is 0.632. The summed E-state index contributed by atoms with van der Waals surface area (Å²) in [5.41, 5.74) is 7.27. The smallest absolute Gasteiger partial charge is 0.149 e. The maximum atomic E-state index is 13.7. The van der Waals surface area contributed by atoms with Crippen molar-refractivity contribution in [3.8, 4) is 11.1 Å². The molecular weight excluding hydrogens is 213 g/mol. The van der Waals surface area contributed by atoms with E-state index in [4.69, 9.17) is 17.3 Å². The first-order chi connectivity index (χ1) is 7.18. The highest BCUT2D eigenvalue weighted by Crippen LogP contribution is 2.29. The molecule has 2 N–H and O–H groups in total. The summed E-state index contributed by atoms with van der Waals surface area (Å²) in [5.74, 6) is -0.433. The molecule has 0 spiro atoms. The van der Waals surface area contributed by atoms with Crippen LogP contribution in [0, 0.1) is 5.82 Å². The second-order valence-electron chi connectivity index (χ2n) is 3.23. The third-order valence-electron chi connectivity index (χ3n) is 2.14. The summed E-state index contributed by atoms with van der Waals surface area (Å²) < 4.78 is 13.7. The van der Waals surface area contributed by atoms with Gasteiger partial charge in [0, 0.05) is 11.3 Å². The first kappa shape index (κ1) is 9.99. The molecule has 76 valence electrons. The fraction of sp³-hybridized carbons (Fsp3) is 0. The van der Waals surface area contributed by atoms with Crippen LogP contribution in [0.5, 0.6) is 0 Å². The van der Waals surface area contributed by atoms with Gasteiger partial charge in [0.05, 0.1) is 5.02 Å². The van der Waals surface area contributed by atoms with Gasteiger partial charge in [0.2, 0.25) is 0 Å². The fourth-order valence-corrected chi connectivity index (χ4v) is 1.67. The molecule has 0 bridgehead atoms. The summed E-state index contributed by atoms with van der Waals surface area (Å²) in [5, 5.41) is 0.0499. The minimum atomic E-state index is -0.433. The molecule has 15 heavy (non-hydrogen) atoms. The number of nitrogens with two attached hydrogens (primary N) is 1. The Morgan fingerprint density at radius 1 is 1.07 bits per heavy atom. The van der Waals surface area contributed by atoms with E-state index in [1.54, 1.807) is 6.07 Å². The Hall–Kier alpha value is -1.54. The molecule has 0 aliphatic heterocycles. The van der Waals surface area contributed by atoms with E-state index in [0.29, 0.717) is 11.3 Å². The van der Waals surface area contributed by atoms with Gasteiger partial charge in [-0.1, -0.05) is 41.9 Å². The molecular formula is C12H9ClFN. The normalized spacial score (nSPS) is 10.3. The van der Waals surface area contributed by atoms with Crippen molar-refractivity contribution >= 4 is 17.3 Å². The number of hydrogen-bond donors (Lipinski definition) is 1. The van der Waals surface area contributed by atoms with Crippen molar-refractivity contribution < 1.29 is 4.39 Å². The van der Waals surface area contributed by atoms with E-state index in [1.807, 2.05) is 30.3 Å². The molecule has 0 saturated carbocycles. The van der Waals surface area contributed by atoms with Crippen LogP contribution in [0.4, 0.5) is 10.1 Å². The minimum absolute atomic E-state index is 0.0499. The molecule has 0 unspecified atom stereocenters. The van der Waals surface area contributed by atoms with Gasteiger partial charge < -0.3 is 5.73 Å². The Morgan fingerprint density at radius 3 is 2.40 bits per heavy atom. The summed E-state index contributed by atoms with van der Waals surface area (Å²) >= 11 is 5.71. The van der Waals surface area contributed by atoms with Gasteiger partial charge in [-0.3, -0.25) is 0 Å². The standard InChI is InChI=1S/C12H9ClFN/c13-11-7-9(15)6-10(12(11)14)8-4-2-1-3-5-8/h1-7H,15H2. The van der Waals surface area contributed by atoms with Crippen LogP contribution in [0.25, 0.3) is 11.1 Å². The van der Waals surface area contributed by atoms with Gasteiger partial charge in [0.25, 0.3) is 0 Å². The van der Waals surface area contributed by atoms with Crippen LogP contribution in [0.15, 0.2) is 42.5 Å². The van der Waals surface area contributed by atoms with Crippen molar-refractivity contribution in [2.45, 2.75) is 0 Å². The molecule has 0 aromatic heterocycles. The van der Waals surface area contributed by atoms with Crippen molar-refractivity contribution in [2.75, 3.05) is 5.73 Å². The largest absolute Gasteiger partial charge is 0.399 e. The molecule has 0 saturated heterocycles. The molecule has 1 nitrogen and oxygen atoms in total. The predicted molar refractivity (Wildman–Crippen MR) is 61.3 cm³/mol. The summed E-state index contributed by atoms with van der Waals surface area (Å²) in [4.78, 5) is 0. The predicted octanol–water partition coefficient (Wildman–Crippen LogP) is 3.73. The Morgan fingerprint density at radius 2 is 1.73 bits per heavy atom. The fourth-order valence-electron chi connectivity index (χ4n) is 1.44. The van der Waals surface area contributed by atoms with Crippen LogP contribution < -0.4 is 5.73 Å². The average Bonchev–Trinajstić information content (AvgIpc) is 2.24. The summed E-state index contributed by atoms with van der Waals surface area (Å²) in [6.45, 7) is 0. The highest BCUT2D eigenvalue weighted by atomic mass is 35.5. The number of anilines is 1.